The molecule has 0 unspecified atom stereocenters. The minimum Gasteiger partial charge on any atom is -0.463 e. The molecule has 2 heterocycles. The molecule has 2 aliphatic heterocycles. The molecule has 2 atom stereocenters. The van der Waals surface area contributed by atoms with Crippen molar-refractivity contribution < 1.29 is 14.3 Å². The van der Waals surface area contributed by atoms with E-state index in [2.05, 4.69) is 22.4 Å². The van der Waals surface area contributed by atoms with E-state index in [9.17, 15) is 9.59 Å². The van der Waals surface area contributed by atoms with Crippen molar-refractivity contribution in [3.05, 3.63) is 57.3 Å². The molecule has 0 bridgehead atoms. The monoisotopic (exact) mass is 441 g/mol. The zero-order valence-electron chi connectivity index (χ0n) is 19.1. The van der Waals surface area contributed by atoms with Gasteiger partial charge in [0.2, 0.25) is 5.91 Å². The summed E-state index contributed by atoms with van der Waals surface area (Å²) in [6.45, 7) is 12.1. The van der Waals surface area contributed by atoms with Gasteiger partial charge in [-0.25, -0.2) is 9.79 Å². The van der Waals surface area contributed by atoms with Gasteiger partial charge in [0.05, 0.1) is 30.3 Å². The van der Waals surface area contributed by atoms with Crippen LogP contribution in [0.3, 0.4) is 0 Å². The van der Waals surface area contributed by atoms with Gasteiger partial charge in [-0.1, -0.05) is 42.4 Å². The number of hydrogen-bond acceptors (Lipinski definition) is 6. The van der Waals surface area contributed by atoms with Crippen LogP contribution < -0.4 is 5.32 Å². The summed E-state index contributed by atoms with van der Waals surface area (Å²) in [6, 6.07) is 5.95. The van der Waals surface area contributed by atoms with Crippen LogP contribution >= 0.6 is 11.8 Å². The molecule has 6 nitrogen and oxygen atoms in total. The smallest absolute Gasteiger partial charge is 0.338 e. The molecule has 0 aromatic heterocycles. The molecule has 0 saturated carbocycles. The molecule has 0 saturated heterocycles. The zero-order valence-corrected chi connectivity index (χ0v) is 19.9. The Morgan fingerprint density at radius 2 is 2.00 bits per heavy atom. The van der Waals surface area contributed by atoms with Crippen molar-refractivity contribution in [2.24, 2.45) is 4.99 Å². The Kier molecular flexibility index (Phi) is 7.26. The highest BCUT2D eigenvalue weighted by Gasteiger charge is 2.41. The van der Waals surface area contributed by atoms with Crippen LogP contribution in [0.15, 0.2) is 45.6 Å². The Hall–Kier alpha value is -2.54. The van der Waals surface area contributed by atoms with Gasteiger partial charge in [0.1, 0.15) is 0 Å². The lowest BCUT2D eigenvalue weighted by molar-refractivity contribution is -0.139. The Morgan fingerprint density at radius 3 is 2.65 bits per heavy atom. The number of thioether (sulfide) groups is 1. The highest BCUT2D eigenvalue weighted by Crippen LogP contribution is 2.45. The minimum atomic E-state index is -0.384. The van der Waals surface area contributed by atoms with Crippen molar-refractivity contribution in [3.63, 3.8) is 0 Å². The van der Waals surface area contributed by atoms with E-state index < -0.39 is 0 Å². The third-order valence-corrected chi connectivity index (χ3v) is 6.47. The summed E-state index contributed by atoms with van der Waals surface area (Å²) in [5, 5.41) is 5.77. The lowest BCUT2D eigenvalue weighted by atomic mass is 9.90. The summed E-state index contributed by atoms with van der Waals surface area (Å²) < 4.78 is 5.40. The average molecular weight is 442 g/mol. The predicted molar refractivity (Wildman–Crippen MR) is 125 cm³/mol. The van der Waals surface area contributed by atoms with Crippen LogP contribution in [0, 0.1) is 13.8 Å². The van der Waals surface area contributed by atoms with Crippen molar-refractivity contribution in [1.82, 2.24) is 10.2 Å². The van der Waals surface area contributed by atoms with E-state index in [0.717, 1.165) is 34.0 Å². The number of fused-ring (bicyclic) bond motifs is 1. The lowest BCUT2D eigenvalue weighted by Crippen LogP contribution is -2.39. The highest BCUT2D eigenvalue weighted by molar-refractivity contribution is 8.16. The van der Waals surface area contributed by atoms with E-state index >= 15 is 0 Å². The number of nitrogens with zero attached hydrogens (tertiary/aromatic N) is 2. The van der Waals surface area contributed by atoms with Gasteiger partial charge in [0, 0.05) is 11.7 Å². The number of carbonyl (C=O) groups is 2. The van der Waals surface area contributed by atoms with Gasteiger partial charge >= 0.3 is 5.97 Å². The number of ether oxygens (including phenoxy) is 1. The molecule has 2 aliphatic rings. The Morgan fingerprint density at radius 1 is 1.26 bits per heavy atom. The highest BCUT2D eigenvalue weighted by atomic mass is 32.2. The largest absolute Gasteiger partial charge is 0.463 e. The van der Waals surface area contributed by atoms with Gasteiger partial charge in [-0.2, -0.15) is 0 Å². The van der Waals surface area contributed by atoms with Crippen LogP contribution in [0.25, 0.3) is 0 Å². The van der Waals surface area contributed by atoms with E-state index in [4.69, 9.17) is 4.74 Å². The average Bonchev–Trinajstić information content (AvgIpc) is 3.09. The molecule has 166 valence electrons. The number of nitrogens with one attached hydrogen (secondary N) is 1. The summed E-state index contributed by atoms with van der Waals surface area (Å²) in [5.74, 6) is -0.404. The first kappa shape index (κ1) is 23.1. The number of carbonyl (C=O) groups excluding carboxylic acids is 2. The quantitative estimate of drug-likeness (QED) is 0.619. The van der Waals surface area contributed by atoms with Crippen molar-refractivity contribution in [1.29, 1.82) is 0 Å². The number of aryl methyl sites for hydroxylation is 2. The summed E-state index contributed by atoms with van der Waals surface area (Å²) >= 11 is 1.49. The van der Waals surface area contributed by atoms with Gasteiger partial charge in [-0.05, 0) is 57.6 Å². The van der Waals surface area contributed by atoms with E-state index in [1.165, 1.54) is 11.8 Å². The van der Waals surface area contributed by atoms with Crippen LogP contribution in [0.1, 0.15) is 63.3 Å². The van der Waals surface area contributed by atoms with Crippen LogP contribution in [0.5, 0.6) is 0 Å². The van der Waals surface area contributed by atoms with Crippen molar-refractivity contribution in [2.45, 2.75) is 66.5 Å². The third kappa shape index (κ3) is 4.87. The second-order valence-electron chi connectivity index (χ2n) is 8.03. The summed E-state index contributed by atoms with van der Waals surface area (Å²) in [5.41, 5.74) is 5.26. The van der Waals surface area contributed by atoms with Crippen molar-refractivity contribution >= 4 is 28.8 Å². The standard InChI is InChI=1S/C24H31N3O3S/c1-7-16(5)25-20(28)12-18-13-31-24-26-17(6)21(23(29)30-8-2)22(27(18)24)19-10-9-14(3)11-15(19)4/h9-11,13,16,22H,7-8,12H2,1-6H3,(H,25,28)/t16-,22-/m0/s1. The van der Waals surface area contributed by atoms with E-state index in [1.54, 1.807) is 6.92 Å². The second-order valence-corrected chi connectivity index (χ2v) is 8.86. The number of allylic oxidation sites excluding steroid dienone is 1. The Balaban J connectivity index is 2.04. The predicted octanol–water partition coefficient (Wildman–Crippen LogP) is 4.75. The number of amidine groups is 1. The van der Waals surface area contributed by atoms with Gasteiger partial charge < -0.3 is 15.0 Å². The SMILES string of the molecule is CCOC(=O)C1=C(C)N=C2SC=C(CC(=O)N[C@@H](C)CC)N2[C@H]1c1ccc(C)cc1C. The van der Waals surface area contributed by atoms with E-state index in [-0.39, 0.29) is 30.4 Å². The number of amides is 1. The van der Waals surface area contributed by atoms with Crippen LogP contribution in [0.2, 0.25) is 0 Å². The molecule has 0 spiro atoms. The maximum atomic E-state index is 13.0. The van der Waals surface area contributed by atoms with Gasteiger partial charge in [-0.3, -0.25) is 4.79 Å². The Labute approximate surface area is 188 Å². The third-order valence-electron chi connectivity index (χ3n) is 5.58. The molecule has 7 heteroatoms. The molecule has 0 fully saturated rings. The fourth-order valence-electron chi connectivity index (χ4n) is 3.86. The van der Waals surface area contributed by atoms with Crippen LogP contribution in [0.4, 0.5) is 0 Å². The second kappa shape index (κ2) is 9.73. The fourth-order valence-corrected chi connectivity index (χ4v) is 4.82. The number of esters is 1. The van der Waals surface area contributed by atoms with E-state index in [1.807, 2.05) is 51.0 Å². The maximum Gasteiger partial charge on any atom is 0.338 e. The summed E-state index contributed by atoms with van der Waals surface area (Å²) in [7, 11) is 0. The first-order valence-electron chi connectivity index (χ1n) is 10.7. The molecule has 0 aliphatic carbocycles. The number of aliphatic imine (C=N–C) groups is 1. The van der Waals surface area contributed by atoms with Crippen LogP contribution in [-0.2, 0) is 14.3 Å². The van der Waals surface area contributed by atoms with Gasteiger partial charge in [0.25, 0.3) is 0 Å². The van der Waals surface area contributed by atoms with Crippen molar-refractivity contribution in [2.75, 3.05) is 6.61 Å². The topological polar surface area (TPSA) is 71.0 Å². The molecule has 1 aromatic rings. The van der Waals surface area contributed by atoms with Gasteiger partial charge in [-0.15, -0.1) is 0 Å². The molecule has 1 amide bonds. The minimum absolute atomic E-state index is 0.0363. The normalized spacial score (nSPS) is 18.9. The first-order valence-corrected chi connectivity index (χ1v) is 11.6. The molecule has 1 N–H and O–H groups in total. The molecule has 0 radical (unpaired) electrons. The molecule has 31 heavy (non-hydrogen) atoms. The van der Waals surface area contributed by atoms with Crippen molar-refractivity contribution in [3.8, 4) is 0 Å². The lowest BCUT2D eigenvalue weighted by Gasteiger charge is -2.37. The number of hydrogen-bond donors (Lipinski definition) is 1. The summed E-state index contributed by atoms with van der Waals surface area (Å²) in [6.07, 6.45) is 1.10. The molecule has 1 aromatic carbocycles. The van der Waals surface area contributed by atoms with E-state index in [0.29, 0.717) is 17.9 Å². The molecular weight excluding hydrogens is 410 g/mol. The number of rotatable bonds is 7. The Bertz CT molecular complexity index is 980. The maximum absolute atomic E-state index is 13.0. The number of benzene rings is 1. The van der Waals surface area contributed by atoms with Gasteiger partial charge in [0.15, 0.2) is 5.17 Å². The summed E-state index contributed by atoms with van der Waals surface area (Å²) in [4.78, 5) is 32.4. The first-order chi connectivity index (χ1) is 14.8. The molecule has 3 rings (SSSR count). The fraction of sp³-hybridized carbons (Fsp3) is 0.458. The van der Waals surface area contributed by atoms with Crippen LogP contribution in [-0.4, -0.2) is 34.6 Å². The zero-order chi connectivity index (χ0) is 22.7. The molecular formula is C24H31N3O3S.